The van der Waals surface area contributed by atoms with Crippen molar-refractivity contribution >= 4 is 21.2 Å². The Morgan fingerprint density at radius 2 is 1.69 bits per heavy atom. The number of thiazole rings is 1. The van der Waals surface area contributed by atoms with Crippen LogP contribution in [0.3, 0.4) is 0 Å². The molecule has 0 saturated heterocycles. The maximum Gasteiger partial charge on any atom is 0.312 e. The van der Waals surface area contributed by atoms with Crippen LogP contribution in [0.5, 0.6) is 0 Å². The zero-order chi connectivity index (χ0) is 19.2. The Kier molecular flexibility index (Phi) is 4.58. The fraction of sp³-hybridized carbons (Fsp3) is 0.167. The lowest BCUT2D eigenvalue weighted by atomic mass is 10.1. The quantitative estimate of drug-likeness (QED) is 0.677. The van der Waals surface area contributed by atoms with E-state index in [4.69, 9.17) is 0 Å². The highest BCUT2D eigenvalue weighted by atomic mass is 32.2. The number of hydrogen-bond acceptors (Lipinski definition) is 4. The van der Waals surface area contributed by atoms with Gasteiger partial charge < -0.3 is 0 Å². The lowest BCUT2D eigenvalue weighted by molar-refractivity contribution is 0.557. The van der Waals surface area contributed by atoms with Crippen LogP contribution in [-0.4, -0.2) is 19.2 Å². The van der Waals surface area contributed by atoms with Gasteiger partial charge in [0.05, 0.1) is 11.4 Å². The maximum atomic E-state index is 14.6. The van der Waals surface area contributed by atoms with Crippen LogP contribution in [0.15, 0.2) is 45.4 Å². The van der Waals surface area contributed by atoms with Crippen molar-refractivity contribution in [1.82, 2.24) is 4.57 Å². The summed E-state index contributed by atoms with van der Waals surface area (Å²) in [6.45, 7) is 3.81. The van der Waals surface area contributed by atoms with Gasteiger partial charge in [-0.25, -0.2) is 17.2 Å². The van der Waals surface area contributed by atoms with Gasteiger partial charge in [0.15, 0.2) is 9.84 Å². The molecule has 0 aliphatic carbocycles. The minimum absolute atomic E-state index is 0.166. The second-order valence-corrected chi connectivity index (χ2v) is 8.83. The van der Waals surface area contributed by atoms with E-state index in [0.717, 1.165) is 34.8 Å². The minimum Gasteiger partial charge on any atom is -0.267 e. The third kappa shape index (κ3) is 3.22. The molecule has 0 amide bonds. The molecule has 0 spiro atoms. The van der Waals surface area contributed by atoms with Gasteiger partial charge in [-0.3, -0.25) is 9.36 Å². The summed E-state index contributed by atoms with van der Waals surface area (Å²) in [5.41, 5.74) is 2.51. The van der Waals surface area contributed by atoms with Gasteiger partial charge in [-0.15, -0.1) is 0 Å². The van der Waals surface area contributed by atoms with E-state index in [-0.39, 0.29) is 16.1 Å². The van der Waals surface area contributed by atoms with Crippen molar-refractivity contribution in [2.24, 2.45) is 0 Å². The number of rotatable bonds is 3. The third-order valence-electron chi connectivity index (χ3n) is 4.14. The second-order valence-electron chi connectivity index (χ2n) is 6.03. The maximum absolute atomic E-state index is 14.6. The van der Waals surface area contributed by atoms with Crippen LogP contribution in [-0.2, 0) is 9.84 Å². The van der Waals surface area contributed by atoms with Gasteiger partial charge in [0.1, 0.15) is 16.5 Å². The molecule has 0 unspecified atom stereocenters. The van der Waals surface area contributed by atoms with E-state index >= 15 is 0 Å². The molecule has 1 aromatic heterocycles. The monoisotopic (exact) mass is 395 g/mol. The summed E-state index contributed by atoms with van der Waals surface area (Å²) in [7, 11) is -3.90. The molecule has 8 heteroatoms. The van der Waals surface area contributed by atoms with Crippen LogP contribution in [0.4, 0.5) is 8.78 Å². The number of aryl methyl sites for hydroxylation is 2. The first-order valence-electron chi connectivity index (χ1n) is 7.57. The molecule has 0 saturated carbocycles. The van der Waals surface area contributed by atoms with Gasteiger partial charge in [0, 0.05) is 17.2 Å². The molecule has 26 heavy (non-hydrogen) atoms. The molecular weight excluding hydrogens is 380 g/mol. The van der Waals surface area contributed by atoms with E-state index in [1.165, 1.54) is 9.95 Å². The number of benzene rings is 2. The van der Waals surface area contributed by atoms with Crippen molar-refractivity contribution in [1.29, 1.82) is 0 Å². The molecule has 0 N–H and O–H groups in total. The highest BCUT2D eigenvalue weighted by molar-refractivity contribution is 7.90. The highest BCUT2D eigenvalue weighted by Crippen LogP contribution is 2.30. The van der Waals surface area contributed by atoms with Crippen molar-refractivity contribution in [3.63, 3.8) is 0 Å². The van der Waals surface area contributed by atoms with Gasteiger partial charge in [-0.2, -0.15) is 0 Å². The Labute approximate surface area is 153 Å². The predicted molar refractivity (Wildman–Crippen MR) is 97.9 cm³/mol. The van der Waals surface area contributed by atoms with Crippen molar-refractivity contribution in [2.45, 2.75) is 18.7 Å². The Morgan fingerprint density at radius 1 is 1.00 bits per heavy atom. The lowest BCUT2D eigenvalue weighted by Crippen LogP contribution is -2.13. The van der Waals surface area contributed by atoms with E-state index < -0.39 is 26.4 Å². The third-order valence-corrected chi connectivity index (χ3v) is 5.98. The van der Waals surface area contributed by atoms with Crippen molar-refractivity contribution in [3.05, 3.63) is 68.1 Å². The van der Waals surface area contributed by atoms with Gasteiger partial charge >= 0.3 is 4.87 Å². The fourth-order valence-corrected chi connectivity index (χ4v) is 4.10. The molecule has 0 fully saturated rings. The summed E-state index contributed by atoms with van der Waals surface area (Å²) in [5.74, 6) is -1.98. The van der Waals surface area contributed by atoms with E-state index in [9.17, 15) is 22.0 Å². The highest BCUT2D eigenvalue weighted by Gasteiger charge is 2.21. The summed E-state index contributed by atoms with van der Waals surface area (Å²) in [4.78, 5) is 11.2. The van der Waals surface area contributed by atoms with Crippen LogP contribution < -0.4 is 4.87 Å². The molecule has 2 aromatic carbocycles. The molecule has 0 atom stereocenters. The Hall–Kier alpha value is -2.32. The molecule has 136 valence electrons. The topological polar surface area (TPSA) is 56.1 Å². The van der Waals surface area contributed by atoms with E-state index in [1.54, 1.807) is 12.1 Å². The number of hydrogen-bond donors (Lipinski definition) is 0. The van der Waals surface area contributed by atoms with Crippen LogP contribution in [0.1, 0.15) is 11.1 Å². The van der Waals surface area contributed by atoms with Gasteiger partial charge in [-0.05, 0) is 49.2 Å². The van der Waals surface area contributed by atoms with Gasteiger partial charge in [-0.1, -0.05) is 17.4 Å². The zero-order valence-corrected chi connectivity index (χ0v) is 15.8. The standard InChI is InChI=1S/C18H15F2NO3S2/c1-10-4-5-12(6-11(10)2)21-16(9-25-18(21)22)13-7-15(20)17(8-14(13)19)26(3,23)24/h4-9H,1-3H3. The van der Waals surface area contributed by atoms with Gasteiger partial charge in [0.25, 0.3) is 0 Å². The second kappa shape index (κ2) is 6.44. The predicted octanol–water partition coefficient (Wildman–Crippen LogP) is 3.86. The Morgan fingerprint density at radius 3 is 2.31 bits per heavy atom. The molecule has 1 heterocycles. The van der Waals surface area contributed by atoms with Crippen LogP contribution in [0, 0.1) is 25.5 Å². The van der Waals surface area contributed by atoms with E-state index in [2.05, 4.69) is 0 Å². The SMILES string of the molecule is Cc1ccc(-n2c(-c3cc(F)c(S(C)(=O)=O)cc3F)csc2=O)cc1C. The number of halogens is 2. The van der Waals surface area contributed by atoms with Crippen molar-refractivity contribution < 1.29 is 17.2 Å². The van der Waals surface area contributed by atoms with Crippen molar-refractivity contribution in [3.8, 4) is 16.9 Å². The van der Waals surface area contributed by atoms with Gasteiger partial charge in [0.2, 0.25) is 0 Å². The van der Waals surface area contributed by atoms with Crippen molar-refractivity contribution in [2.75, 3.05) is 6.26 Å². The smallest absolute Gasteiger partial charge is 0.267 e. The molecular formula is C18H15F2NO3S2. The molecule has 3 rings (SSSR count). The largest absolute Gasteiger partial charge is 0.312 e. The molecule has 0 bridgehead atoms. The number of sulfone groups is 1. The normalized spacial score (nSPS) is 11.7. The van der Waals surface area contributed by atoms with E-state index in [1.807, 2.05) is 19.9 Å². The Balaban J connectivity index is 2.26. The van der Waals surface area contributed by atoms with Crippen LogP contribution in [0.2, 0.25) is 0 Å². The first-order chi connectivity index (χ1) is 12.1. The van der Waals surface area contributed by atoms with E-state index in [0.29, 0.717) is 11.8 Å². The molecule has 3 aromatic rings. The first kappa shape index (κ1) is 18.5. The molecule has 0 radical (unpaired) electrons. The molecule has 0 aliphatic rings. The summed E-state index contributed by atoms with van der Waals surface area (Å²) in [6.07, 6.45) is 0.806. The van der Waals surface area contributed by atoms with Crippen LogP contribution >= 0.6 is 11.3 Å². The summed E-state index contributed by atoms with van der Waals surface area (Å²) < 4.78 is 53.2. The fourth-order valence-electron chi connectivity index (χ4n) is 2.61. The van der Waals surface area contributed by atoms with Crippen LogP contribution in [0.25, 0.3) is 16.9 Å². The summed E-state index contributed by atoms with van der Waals surface area (Å²) in [6, 6.07) is 6.80. The number of aromatic nitrogens is 1. The summed E-state index contributed by atoms with van der Waals surface area (Å²) >= 11 is 0.855. The Bertz CT molecular complexity index is 1180. The average Bonchev–Trinajstić information content (AvgIpc) is 2.92. The molecule has 4 nitrogen and oxygen atoms in total. The average molecular weight is 395 g/mol. The zero-order valence-electron chi connectivity index (χ0n) is 14.2. The lowest BCUT2D eigenvalue weighted by Gasteiger charge is -2.12. The first-order valence-corrected chi connectivity index (χ1v) is 10.3. The number of nitrogens with zero attached hydrogens (tertiary/aromatic N) is 1. The molecule has 0 aliphatic heterocycles. The summed E-state index contributed by atoms with van der Waals surface area (Å²) in [5, 5.41) is 1.43. The minimum atomic E-state index is -3.90.